The number of amides is 1. The predicted molar refractivity (Wildman–Crippen MR) is 85.8 cm³/mol. The number of rotatable bonds is 3. The lowest BCUT2D eigenvalue weighted by Gasteiger charge is -2.18. The van der Waals surface area contributed by atoms with E-state index in [0.29, 0.717) is 15.6 Å². The molecule has 2 aromatic rings. The summed E-state index contributed by atoms with van der Waals surface area (Å²) in [6.07, 6.45) is 0. The highest BCUT2D eigenvalue weighted by Gasteiger charge is 2.12. The Bertz CT molecular complexity index is 612. The van der Waals surface area contributed by atoms with Gasteiger partial charge in [-0.25, -0.2) is 0 Å². The Labute approximate surface area is 129 Å². The van der Waals surface area contributed by atoms with E-state index in [2.05, 4.69) is 21.2 Å². The van der Waals surface area contributed by atoms with Crippen LogP contribution in [0.4, 0.5) is 11.4 Å². The van der Waals surface area contributed by atoms with Crippen molar-refractivity contribution in [3.05, 3.63) is 44.0 Å². The van der Waals surface area contributed by atoms with E-state index in [1.165, 1.54) is 11.3 Å². The average Bonchev–Trinajstić information content (AvgIpc) is 2.75. The Morgan fingerprint density at radius 1 is 1.32 bits per heavy atom. The van der Waals surface area contributed by atoms with E-state index in [1.54, 1.807) is 18.2 Å². The van der Waals surface area contributed by atoms with E-state index < -0.39 is 0 Å². The first-order valence-electron chi connectivity index (χ1n) is 5.51. The minimum atomic E-state index is -0.138. The number of benzene rings is 1. The quantitative estimate of drug-likeness (QED) is 0.876. The van der Waals surface area contributed by atoms with Crippen molar-refractivity contribution in [1.82, 2.24) is 0 Å². The minimum Gasteiger partial charge on any atom is -0.376 e. The summed E-state index contributed by atoms with van der Waals surface area (Å²) in [7, 11) is 3.83. The first kappa shape index (κ1) is 14.4. The molecule has 1 amide bonds. The molecule has 1 aromatic carbocycles. The number of thiophene rings is 1. The zero-order valence-electron chi connectivity index (χ0n) is 10.4. The lowest BCUT2D eigenvalue weighted by molar-refractivity contribution is 0.103. The van der Waals surface area contributed by atoms with Gasteiger partial charge in [-0.15, -0.1) is 11.3 Å². The Kier molecular flexibility index (Phi) is 4.50. The van der Waals surface area contributed by atoms with Crippen LogP contribution in [0.25, 0.3) is 0 Å². The summed E-state index contributed by atoms with van der Waals surface area (Å²) in [6.45, 7) is 0. The molecule has 100 valence electrons. The SMILES string of the molecule is CN(C)c1ccc(Cl)cc1NC(=O)c1ccc(Br)s1. The first-order valence-corrected chi connectivity index (χ1v) is 7.49. The molecule has 2 rings (SSSR count). The maximum Gasteiger partial charge on any atom is 0.265 e. The van der Waals surface area contributed by atoms with Crippen LogP contribution in [-0.2, 0) is 0 Å². The number of nitrogens with one attached hydrogen (secondary N) is 1. The topological polar surface area (TPSA) is 32.3 Å². The summed E-state index contributed by atoms with van der Waals surface area (Å²) in [4.78, 5) is 14.7. The highest BCUT2D eigenvalue weighted by Crippen LogP contribution is 2.29. The van der Waals surface area contributed by atoms with Crippen LogP contribution in [0.5, 0.6) is 0 Å². The lowest BCUT2D eigenvalue weighted by Crippen LogP contribution is -2.16. The third kappa shape index (κ3) is 3.49. The van der Waals surface area contributed by atoms with Gasteiger partial charge >= 0.3 is 0 Å². The summed E-state index contributed by atoms with van der Waals surface area (Å²) in [5.41, 5.74) is 1.61. The van der Waals surface area contributed by atoms with Gasteiger partial charge in [0.05, 0.1) is 20.0 Å². The number of carbonyl (C=O) groups excluding carboxylic acids is 1. The average molecular weight is 360 g/mol. The molecule has 0 saturated carbocycles. The molecule has 0 spiro atoms. The first-order chi connectivity index (χ1) is 8.97. The van der Waals surface area contributed by atoms with Crippen LogP contribution in [0.2, 0.25) is 5.02 Å². The van der Waals surface area contributed by atoms with Gasteiger partial charge in [-0.05, 0) is 46.3 Å². The molecule has 0 fully saturated rings. The van der Waals surface area contributed by atoms with E-state index in [1.807, 2.05) is 31.1 Å². The smallest absolute Gasteiger partial charge is 0.265 e. The number of anilines is 2. The summed E-state index contributed by atoms with van der Waals surface area (Å²) < 4.78 is 0.927. The third-order valence-corrected chi connectivity index (χ3v) is 4.34. The van der Waals surface area contributed by atoms with Crippen molar-refractivity contribution in [3.63, 3.8) is 0 Å². The fourth-order valence-corrected chi connectivity index (χ4v) is 3.07. The van der Waals surface area contributed by atoms with E-state index in [0.717, 1.165) is 9.47 Å². The normalized spacial score (nSPS) is 10.3. The van der Waals surface area contributed by atoms with Crippen molar-refractivity contribution in [2.24, 2.45) is 0 Å². The Morgan fingerprint density at radius 3 is 2.63 bits per heavy atom. The fraction of sp³-hybridized carbons (Fsp3) is 0.154. The molecule has 0 bridgehead atoms. The molecular weight excluding hydrogens is 348 g/mol. The van der Waals surface area contributed by atoms with Crippen molar-refractivity contribution in [2.75, 3.05) is 24.3 Å². The Hall–Kier alpha value is -1.04. The number of hydrogen-bond acceptors (Lipinski definition) is 3. The second kappa shape index (κ2) is 5.94. The molecule has 0 aliphatic heterocycles. The van der Waals surface area contributed by atoms with Crippen LogP contribution in [0.15, 0.2) is 34.1 Å². The maximum absolute atomic E-state index is 12.1. The second-order valence-corrected chi connectivity index (χ2v) is 7.01. The molecule has 19 heavy (non-hydrogen) atoms. The summed E-state index contributed by atoms with van der Waals surface area (Å²) in [6, 6.07) is 9.06. The molecule has 6 heteroatoms. The maximum atomic E-state index is 12.1. The van der Waals surface area contributed by atoms with Crippen LogP contribution in [0.3, 0.4) is 0 Å². The van der Waals surface area contributed by atoms with Gasteiger partial charge < -0.3 is 10.2 Å². The van der Waals surface area contributed by atoms with Crippen molar-refractivity contribution >= 4 is 56.1 Å². The molecule has 1 aromatic heterocycles. The number of halogens is 2. The zero-order chi connectivity index (χ0) is 14.0. The van der Waals surface area contributed by atoms with E-state index in [4.69, 9.17) is 11.6 Å². The number of hydrogen-bond donors (Lipinski definition) is 1. The monoisotopic (exact) mass is 358 g/mol. The predicted octanol–water partition coefficient (Wildman–Crippen LogP) is 4.48. The Balaban J connectivity index is 2.27. The molecule has 0 radical (unpaired) electrons. The lowest BCUT2D eigenvalue weighted by atomic mass is 10.2. The number of carbonyl (C=O) groups is 1. The zero-order valence-corrected chi connectivity index (χ0v) is 13.6. The third-order valence-electron chi connectivity index (χ3n) is 2.49. The van der Waals surface area contributed by atoms with Gasteiger partial charge in [-0.3, -0.25) is 4.79 Å². The molecule has 0 aliphatic rings. The minimum absolute atomic E-state index is 0.138. The number of nitrogens with zero attached hydrogens (tertiary/aromatic N) is 1. The summed E-state index contributed by atoms with van der Waals surface area (Å²) in [5, 5.41) is 3.48. The van der Waals surface area contributed by atoms with Crippen LogP contribution >= 0.6 is 38.9 Å². The van der Waals surface area contributed by atoms with Crippen molar-refractivity contribution < 1.29 is 4.79 Å². The molecular formula is C13H12BrClN2OS. The molecule has 0 atom stereocenters. The molecule has 0 saturated heterocycles. The second-order valence-electron chi connectivity index (χ2n) is 4.11. The van der Waals surface area contributed by atoms with Crippen LogP contribution in [0, 0.1) is 0 Å². The highest BCUT2D eigenvalue weighted by molar-refractivity contribution is 9.11. The fourth-order valence-electron chi connectivity index (χ4n) is 1.62. The van der Waals surface area contributed by atoms with Crippen LogP contribution < -0.4 is 10.2 Å². The summed E-state index contributed by atoms with van der Waals surface area (Å²) in [5.74, 6) is -0.138. The van der Waals surface area contributed by atoms with Gasteiger partial charge in [0.1, 0.15) is 0 Å². The van der Waals surface area contributed by atoms with Gasteiger partial charge in [-0.2, -0.15) is 0 Å². The molecule has 0 aliphatic carbocycles. The van der Waals surface area contributed by atoms with Gasteiger partial charge in [0.25, 0.3) is 5.91 Å². The van der Waals surface area contributed by atoms with Gasteiger partial charge in [0.15, 0.2) is 0 Å². The van der Waals surface area contributed by atoms with Crippen LogP contribution in [0.1, 0.15) is 9.67 Å². The van der Waals surface area contributed by atoms with Crippen molar-refractivity contribution in [1.29, 1.82) is 0 Å². The van der Waals surface area contributed by atoms with Crippen molar-refractivity contribution in [2.45, 2.75) is 0 Å². The van der Waals surface area contributed by atoms with E-state index >= 15 is 0 Å². The Morgan fingerprint density at radius 2 is 2.05 bits per heavy atom. The highest BCUT2D eigenvalue weighted by atomic mass is 79.9. The van der Waals surface area contributed by atoms with Crippen LogP contribution in [-0.4, -0.2) is 20.0 Å². The van der Waals surface area contributed by atoms with Gasteiger partial charge in [0.2, 0.25) is 0 Å². The molecule has 1 N–H and O–H groups in total. The largest absolute Gasteiger partial charge is 0.376 e. The molecule has 3 nitrogen and oxygen atoms in total. The molecule has 1 heterocycles. The van der Waals surface area contributed by atoms with Gasteiger partial charge in [0, 0.05) is 19.1 Å². The van der Waals surface area contributed by atoms with E-state index in [-0.39, 0.29) is 5.91 Å². The van der Waals surface area contributed by atoms with Gasteiger partial charge in [-0.1, -0.05) is 11.6 Å². The standard InChI is InChI=1S/C13H12BrClN2OS/c1-17(2)10-4-3-8(15)7-9(10)16-13(18)11-5-6-12(14)19-11/h3-7H,1-2H3,(H,16,18). The van der Waals surface area contributed by atoms with Crippen molar-refractivity contribution in [3.8, 4) is 0 Å². The summed E-state index contributed by atoms with van der Waals surface area (Å²) >= 11 is 10.7. The van der Waals surface area contributed by atoms with E-state index in [9.17, 15) is 4.79 Å². The molecule has 0 unspecified atom stereocenters.